The first-order valence-electron chi connectivity index (χ1n) is 6.27. The van der Waals surface area contributed by atoms with Crippen LogP contribution in [0.15, 0.2) is 24.4 Å². The number of fused-ring (bicyclic) bond motifs is 1. The van der Waals surface area contributed by atoms with Crippen molar-refractivity contribution in [3.05, 3.63) is 47.0 Å². The van der Waals surface area contributed by atoms with Gasteiger partial charge in [0.15, 0.2) is 0 Å². The van der Waals surface area contributed by atoms with Gasteiger partial charge in [-0.1, -0.05) is 0 Å². The van der Waals surface area contributed by atoms with Crippen LogP contribution in [0.1, 0.15) is 21.6 Å². The zero-order valence-electron chi connectivity index (χ0n) is 10.9. The van der Waals surface area contributed by atoms with Gasteiger partial charge in [-0.05, 0) is 18.2 Å². The first kappa shape index (κ1) is 12.4. The highest BCUT2D eigenvalue weighted by molar-refractivity contribution is 6.03. The monoisotopic (exact) mass is 269 g/mol. The fourth-order valence-corrected chi connectivity index (χ4v) is 2.53. The van der Waals surface area contributed by atoms with Crippen LogP contribution in [0, 0.1) is 17.1 Å². The van der Waals surface area contributed by atoms with Gasteiger partial charge in [-0.3, -0.25) is 4.79 Å². The fraction of sp³-hybridized carbons (Fsp3) is 0.200. The van der Waals surface area contributed by atoms with Crippen LogP contribution in [0.25, 0.3) is 11.1 Å². The molecular formula is C15H12FN3O. The minimum atomic E-state index is -0.425. The summed E-state index contributed by atoms with van der Waals surface area (Å²) in [5.41, 5.74) is 2.78. The van der Waals surface area contributed by atoms with Crippen molar-refractivity contribution >= 4 is 5.91 Å². The van der Waals surface area contributed by atoms with E-state index in [1.165, 1.54) is 18.2 Å². The van der Waals surface area contributed by atoms with E-state index in [0.717, 1.165) is 12.1 Å². The lowest BCUT2D eigenvalue weighted by Gasteiger charge is -2.23. The number of nitriles is 1. The molecule has 0 bridgehead atoms. The van der Waals surface area contributed by atoms with Crippen molar-refractivity contribution < 1.29 is 9.18 Å². The number of halogens is 1. The Bertz CT molecular complexity index is 742. The number of amides is 1. The topological polar surface area (TPSA) is 59.9 Å². The molecular weight excluding hydrogens is 257 g/mol. The summed E-state index contributed by atoms with van der Waals surface area (Å²) >= 11 is 0. The molecule has 2 heterocycles. The summed E-state index contributed by atoms with van der Waals surface area (Å²) in [6, 6.07) is 6.01. The maximum atomic E-state index is 13.5. The summed E-state index contributed by atoms with van der Waals surface area (Å²) in [6.45, 7) is 0.653. The lowest BCUT2D eigenvalue weighted by Crippen LogP contribution is -2.34. The van der Waals surface area contributed by atoms with Gasteiger partial charge in [-0.2, -0.15) is 5.26 Å². The molecule has 0 saturated carbocycles. The Balaban J connectivity index is 2.23. The van der Waals surface area contributed by atoms with Crippen LogP contribution in [0.3, 0.4) is 0 Å². The molecule has 3 rings (SSSR count). The van der Waals surface area contributed by atoms with E-state index in [9.17, 15) is 9.18 Å². The van der Waals surface area contributed by atoms with Gasteiger partial charge in [0.1, 0.15) is 5.82 Å². The van der Waals surface area contributed by atoms with Gasteiger partial charge < -0.3 is 9.88 Å². The van der Waals surface area contributed by atoms with Crippen LogP contribution < -0.4 is 0 Å². The second kappa shape index (κ2) is 4.49. The summed E-state index contributed by atoms with van der Waals surface area (Å²) in [5.74, 6) is -0.527. The highest BCUT2D eigenvalue weighted by Gasteiger charge is 2.27. The van der Waals surface area contributed by atoms with Crippen LogP contribution >= 0.6 is 0 Å². The number of carbonyl (C=O) groups is 1. The summed E-state index contributed by atoms with van der Waals surface area (Å²) in [4.78, 5) is 17.0. The van der Waals surface area contributed by atoms with Gasteiger partial charge >= 0.3 is 0 Å². The van der Waals surface area contributed by atoms with Gasteiger partial charge in [-0.25, -0.2) is 4.39 Å². The Labute approximate surface area is 115 Å². The van der Waals surface area contributed by atoms with Crippen molar-refractivity contribution in [2.24, 2.45) is 0 Å². The van der Waals surface area contributed by atoms with E-state index in [1.54, 1.807) is 18.1 Å². The number of hydrogen-bond donors (Lipinski definition) is 1. The van der Waals surface area contributed by atoms with E-state index in [-0.39, 0.29) is 5.91 Å². The molecule has 1 aliphatic heterocycles. The summed E-state index contributed by atoms with van der Waals surface area (Å²) in [5, 5.41) is 9.15. The molecule has 1 aliphatic rings. The van der Waals surface area contributed by atoms with Gasteiger partial charge in [0.25, 0.3) is 5.91 Å². The number of benzene rings is 1. The molecule has 2 aromatic rings. The number of carbonyl (C=O) groups excluding carboxylic acids is 1. The van der Waals surface area contributed by atoms with Gasteiger partial charge in [0.2, 0.25) is 0 Å². The first-order valence-corrected chi connectivity index (χ1v) is 6.27. The smallest absolute Gasteiger partial charge is 0.256 e. The molecule has 5 heteroatoms. The van der Waals surface area contributed by atoms with Crippen LogP contribution in [-0.4, -0.2) is 29.4 Å². The van der Waals surface area contributed by atoms with E-state index in [2.05, 4.69) is 4.98 Å². The molecule has 0 spiro atoms. The number of nitrogens with zero attached hydrogens (tertiary/aromatic N) is 2. The van der Waals surface area contributed by atoms with E-state index < -0.39 is 5.82 Å². The molecule has 0 fully saturated rings. The standard InChI is InChI=1S/C15H12FN3O/c1-19-5-4-13-14(15(19)20)12(8-18-13)11-6-10(16)3-2-9(11)7-17/h2-3,6,8,18H,4-5H2,1H3. The Hall–Kier alpha value is -2.61. The number of H-pyrrole nitrogens is 1. The highest BCUT2D eigenvalue weighted by atomic mass is 19.1. The SMILES string of the molecule is CN1CCc2[nH]cc(-c3cc(F)ccc3C#N)c2C1=O. The predicted molar refractivity (Wildman–Crippen MR) is 71.6 cm³/mol. The van der Waals surface area contributed by atoms with Crippen molar-refractivity contribution in [3.63, 3.8) is 0 Å². The minimum Gasteiger partial charge on any atom is -0.364 e. The van der Waals surface area contributed by atoms with Crippen molar-refractivity contribution in [3.8, 4) is 17.2 Å². The number of aromatic amines is 1. The average Bonchev–Trinajstić information content (AvgIpc) is 2.87. The number of aromatic nitrogens is 1. The van der Waals surface area contributed by atoms with Crippen LogP contribution in [0.5, 0.6) is 0 Å². The fourth-order valence-electron chi connectivity index (χ4n) is 2.53. The zero-order chi connectivity index (χ0) is 14.3. The molecule has 0 radical (unpaired) electrons. The second-order valence-electron chi connectivity index (χ2n) is 4.83. The Morgan fingerprint density at radius 3 is 2.95 bits per heavy atom. The van der Waals surface area contributed by atoms with Crippen molar-refractivity contribution in [1.82, 2.24) is 9.88 Å². The first-order chi connectivity index (χ1) is 9.61. The van der Waals surface area contributed by atoms with Crippen LogP contribution in [-0.2, 0) is 6.42 Å². The Morgan fingerprint density at radius 2 is 2.20 bits per heavy atom. The highest BCUT2D eigenvalue weighted by Crippen LogP contribution is 2.32. The van der Waals surface area contributed by atoms with E-state index in [4.69, 9.17) is 5.26 Å². The number of likely N-dealkylation sites (N-methyl/N-ethyl adjacent to an activating group) is 1. The normalized spacial score (nSPS) is 14.1. The summed E-state index contributed by atoms with van der Waals surface area (Å²) in [7, 11) is 1.73. The molecule has 4 nitrogen and oxygen atoms in total. The third-order valence-electron chi connectivity index (χ3n) is 3.61. The molecule has 100 valence electrons. The van der Waals surface area contributed by atoms with Crippen molar-refractivity contribution in [1.29, 1.82) is 5.26 Å². The maximum Gasteiger partial charge on any atom is 0.256 e. The quantitative estimate of drug-likeness (QED) is 0.863. The molecule has 1 amide bonds. The Morgan fingerprint density at radius 1 is 1.40 bits per heavy atom. The lowest BCUT2D eigenvalue weighted by atomic mass is 9.95. The van der Waals surface area contributed by atoms with E-state index >= 15 is 0 Å². The molecule has 1 aromatic carbocycles. The Kier molecular flexibility index (Phi) is 2.79. The minimum absolute atomic E-state index is 0.101. The number of nitrogens with one attached hydrogen (secondary N) is 1. The molecule has 0 saturated heterocycles. The van der Waals surface area contributed by atoms with Crippen molar-refractivity contribution in [2.75, 3.05) is 13.6 Å². The maximum absolute atomic E-state index is 13.5. The second-order valence-corrected chi connectivity index (χ2v) is 4.83. The third-order valence-corrected chi connectivity index (χ3v) is 3.61. The zero-order valence-corrected chi connectivity index (χ0v) is 10.9. The molecule has 0 aliphatic carbocycles. The predicted octanol–water partition coefficient (Wildman–Crippen LogP) is 2.32. The number of rotatable bonds is 1. The largest absolute Gasteiger partial charge is 0.364 e. The summed E-state index contributed by atoms with van der Waals surface area (Å²) < 4.78 is 13.5. The molecule has 0 atom stereocenters. The molecule has 1 N–H and O–H groups in total. The lowest BCUT2D eigenvalue weighted by molar-refractivity contribution is 0.0781. The van der Waals surface area contributed by atoms with Crippen LogP contribution in [0.2, 0.25) is 0 Å². The molecule has 20 heavy (non-hydrogen) atoms. The van der Waals surface area contributed by atoms with Gasteiger partial charge in [0.05, 0.1) is 17.2 Å². The van der Waals surface area contributed by atoms with E-state index in [1.807, 2.05) is 6.07 Å². The third kappa shape index (κ3) is 1.77. The average molecular weight is 269 g/mol. The van der Waals surface area contributed by atoms with Gasteiger partial charge in [0, 0.05) is 43.0 Å². The van der Waals surface area contributed by atoms with Gasteiger partial charge in [-0.15, -0.1) is 0 Å². The molecule has 0 unspecified atom stereocenters. The number of hydrogen-bond acceptors (Lipinski definition) is 2. The molecule has 1 aromatic heterocycles. The van der Waals surface area contributed by atoms with Crippen molar-refractivity contribution in [2.45, 2.75) is 6.42 Å². The van der Waals surface area contributed by atoms with E-state index in [0.29, 0.717) is 28.8 Å². The summed E-state index contributed by atoms with van der Waals surface area (Å²) in [6.07, 6.45) is 2.41. The van der Waals surface area contributed by atoms with Crippen LogP contribution in [0.4, 0.5) is 4.39 Å².